The zero-order chi connectivity index (χ0) is 14.0. The van der Waals surface area contributed by atoms with Crippen LogP contribution in [-0.2, 0) is 4.79 Å². The topological polar surface area (TPSA) is 146 Å². The van der Waals surface area contributed by atoms with Gasteiger partial charge in [0.1, 0.15) is 6.04 Å². The van der Waals surface area contributed by atoms with Gasteiger partial charge in [-0.2, -0.15) is 0 Å². The molecule has 0 bridgehead atoms. The zero-order valence-electron chi connectivity index (χ0n) is 8.97. The number of aromatic nitrogens is 1. The van der Waals surface area contributed by atoms with E-state index in [9.17, 15) is 29.8 Å². The van der Waals surface area contributed by atoms with Crippen molar-refractivity contribution in [3.63, 3.8) is 0 Å². The summed E-state index contributed by atoms with van der Waals surface area (Å²) in [5.41, 5.74) is -3.45. The molecule has 0 amide bonds. The average Bonchev–Trinajstić information content (AvgIpc) is 2.27. The molecule has 0 aliphatic rings. The number of hydrogen-bond donors (Lipinski definition) is 1. The SMILES string of the molecule is C[C@H](C(=O)O)n1cc([N+](=O)[O-])c(=O)c([N+](=O)[O-])c1. The molecule has 1 N–H and O–H groups in total. The van der Waals surface area contributed by atoms with Crippen molar-refractivity contribution < 1.29 is 19.7 Å². The van der Waals surface area contributed by atoms with Crippen LogP contribution in [0.1, 0.15) is 13.0 Å². The summed E-state index contributed by atoms with van der Waals surface area (Å²) in [4.78, 5) is 41.0. The lowest BCUT2D eigenvalue weighted by atomic mass is 10.3. The molecule has 10 heteroatoms. The van der Waals surface area contributed by atoms with Gasteiger partial charge in [-0.3, -0.25) is 25.0 Å². The fraction of sp³-hybridized carbons (Fsp3) is 0.250. The Morgan fingerprint density at radius 1 is 1.28 bits per heavy atom. The number of nitrogens with zero attached hydrogens (tertiary/aromatic N) is 3. The van der Waals surface area contributed by atoms with E-state index in [1.165, 1.54) is 6.92 Å². The molecular weight excluding hydrogens is 250 g/mol. The number of rotatable bonds is 4. The van der Waals surface area contributed by atoms with Gasteiger partial charge in [-0.1, -0.05) is 0 Å². The van der Waals surface area contributed by atoms with Crippen LogP contribution in [0.15, 0.2) is 17.2 Å². The highest BCUT2D eigenvalue weighted by molar-refractivity contribution is 5.71. The highest BCUT2D eigenvalue weighted by Gasteiger charge is 2.27. The summed E-state index contributed by atoms with van der Waals surface area (Å²) in [5, 5.41) is 29.9. The smallest absolute Gasteiger partial charge is 0.339 e. The first-order chi connectivity index (χ1) is 8.25. The summed E-state index contributed by atoms with van der Waals surface area (Å²) >= 11 is 0. The van der Waals surface area contributed by atoms with E-state index in [1.54, 1.807) is 0 Å². The van der Waals surface area contributed by atoms with E-state index in [4.69, 9.17) is 5.11 Å². The molecule has 1 aromatic heterocycles. The molecule has 0 aliphatic carbocycles. The van der Waals surface area contributed by atoms with E-state index in [2.05, 4.69) is 0 Å². The minimum Gasteiger partial charge on any atom is -0.480 e. The Morgan fingerprint density at radius 3 is 1.94 bits per heavy atom. The van der Waals surface area contributed by atoms with Crippen molar-refractivity contribution in [3.05, 3.63) is 42.8 Å². The number of pyridine rings is 1. The second-order valence-corrected chi connectivity index (χ2v) is 3.33. The van der Waals surface area contributed by atoms with Crippen LogP contribution in [0.5, 0.6) is 0 Å². The van der Waals surface area contributed by atoms with Gasteiger partial charge in [-0.05, 0) is 6.92 Å². The van der Waals surface area contributed by atoms with Crippen LogP contribution >= 0.6 is 0 Å². The van der Waals surface area contributed by atoms with Crippen molar-refractivity contribution in [1.29, 1.82) is 0 Å². The summed E-state index contributed by atoms with van der Waals surface area (Å²) in [6.07, 6.45) is 1.32. The second kappa shape index (κ2) is 4.61. The van der Waals surface area contributed by atoms with E-state index in [0.29, 0.717) is 12.4 Å². The molecule has 0 spiro atoms. The van der Waals surface area contributed by atoms with Gasteiger partial charge in [0.2, 0.25) is 0 Å². The van der Waals surface area contributed by atoms with Crippen molar-refractivity contribution in [2.24, 2.45) is 0 Å². The monoisotopic (exact) mass is 257 g/mol. The fourth-order valence-corrected chi connectivity index (χ4v) is 1.18. The van der Waals surface area contributed by atoms with E-state index < -0.39 is 38.7 Å². The van der Waals surface area contributed by atoms with Crippen LogP contribution in [0.3, 0.4) is 0 Å². The Labute approximate surface area is 98.4 Å². The maximum absolute atomic E-state index is 11.4. The van der Waals surface area contributed by atoms with Crippen molar-refractivity contribution in [3.8, 4) is 0 Å². The zero-order valence-corrected chi connectivity index (χ0v) is 8.97. The maximum atomic E-state index is 11.4. The maximum Gasteiger partial charge on any atom is 0.339 e. The standard InChI is InChI=1S/C8H7N3O7/c1-4(8(13)14)9-2-5(10(15)16)7(12)6(3-9)11(17)18/h2-4H,1H3,(H,13,14)/t4-/m1/s1. The Kier molecular flexibility index (Phi) is 3.40. The molecule has 1 aromatic rings. The molecule has 0 radical (unpaired) electrons. The van der Waals surface area contributed by atoms with E-state index in [-0.39, 0.29) is 0 Å². The van der Waals surface area contributed by atoms with Crippen LogP contribution in [-0.4, -0.2) is 25.5 Å². The normalized spacial score (nSPS) is 11.8. The van der Waals surface area contributed by atoms with Gasteiger partial charge in [0.25, 0.3) is 0 Å². The van der Waals surface area contributed by atoms with E-state index in [1.807, 2.05) is 0 Å². The molecule has 0 unspecified atom stereocenters. The summed E-state index contributed by atoms with van der Waals surface area (Å²) in [6.45, 7) is 1.17. The highest BCUT2D eigenvalue weighted by Crippen LogP contribution is 2.16. The van der Waals surface area contributed by atoms with Gasteiger partial charge in [0, 0.05) is 0 Å². The molecular formula is C8H7N3O7. The summed E-state index contributed by atoms with van der Waals surface area (Å²) < 4.78 is 0.736. The third-order valence-corrected chi connectivity index (χ3v) is 2.21. The van der Waals surface area contributed by atoms with E-state index >= 15 is 0 Å². The first-order valence-corrected chi connectivity index (χ1v) is 4.53. The Morgan fingerprint density at radius 2 is 1.67 bits per heavy atom. The number of aliphatic carboxylic acids is 1. The number of nitro groups is 2. The first-order valence-electron chi connectivity index (χ1n) is 4.53. The van der Waals surface area contributed by atoms with Gasteiger partial charge in [-0.25, -0.2) is 4.79 Å². The predicted molar refractivity (Wildman–Crippen MR) is 56.4 cm³/mol. The minimum atomic E-state index is -1.36. The number of hydrogen-bond acceptors (Lipinski definition) is 6. The molecule has 0 saturated carbocycles. The number of carbonyl (C=O) groups is 1. The highest BCUT2D eigenvalue weighted by atomic mass is 16.6. The number of carboxylic acids is 1. The first kappa shape index (κ1) is 13.3. The lowest BCUT2D eigenvalue weighted by Gasteiger charge is -2.10. The Bertz CT molecular complexity index is 553. The third-order valence-electron chi connectivity index (χ3n) is 2.21. The van der Waals surface area contributed by atoms with Crippen molar-refractivity contribution in [1.82, 2.24) is 4.57 Å². The lowest BCUT2D eigenvalue weighted by Crippen LogP contribution is -2.21. The molecule has 0 saturated heterocycles. The van der Waals surface area contributed by atoms with Crippen molar-refractivity contribution >= 4 is 17.3 Å². The predicted octanol–water partition coefficient (Wildman–Crippen LogP) is 0.310. The molecule has 0 fully saturated rings. The number of carboxylic acid groups (broad SMARTS) is 1. The largest absolute Gasteiger partial charge is 0.480 e. The van der Waals surface area contributed by atoms with Crippen LogP contribution < -0.4 is 5.43 Å². The molecule has 1 atom stereocenters. The summed E-state index contributed by atoms with van der Waals surface area (Å²) in [5.74, 6) is -1.35. The molecule has 18 heavy (non-hydrogen) atoms. The van der Waals surface area contributed by atoms with Crippen molar-refractivity contribution in [2.75, 3.05) is 0 Å². The van der Waals surface area contributed by atoms with Gasteiger partial charge >= 0.3 is 22.8 Å². The van der Waals surface area contributed by atoms with Crippen molar-refractivity contribution in [2.45, 2.75) is 13.0 Å². The quantitative estimate of drug-likeness (QED) is 0.603. The van der Waals surface area contributed by atoms with Crippen LogP contribution in [0.25, 0.3) is 0 Å². The van der Waals surface area contributed by atoms with Crippen LogP contribution in [0.2, 0.25) is 0 Å². The average molecular weight is 257 g/mol. The molecule has 1 rings (SSSR count). The van der Waals surface area contributed by atoms with Gasteiger partial charge in [0.05, 0.1) is 22.2 Å². The molecule has 96 valence electrons. The van der Waals surface area contributed by atoms with Gasteiger partial charge in [-0.15, -0.1) is 0 Å². The molecule has 0 aromatic carbocycles. The lowest BCUT2D eigenvalue weighted by molar-refractivity contribution is -0.397. The minimum absolute atomic E-state index is 0.661. The Hall–Kier alpha value is -2.78. The molecule has 10 nitrogen and oxygen atoms in total. The Balaban J connectivity index is 3.58. The van der Waals surface area contributed by atoms with Gasteiger partial charge in [0.15, 0.2) is 0 Å². The van der Waals surface area contributed by atoms with E-state index in [0.717, 1.165) is 4.57 Å². The molecule has 0 aliphatic heterocycles. The molecule has 1 heterocycles. The fourth-order valence-electron chi connectivity index (χ4n) is 1.18. The van der Waals surface area contributed by atoms with Gasteiger partial charge < -0.3 is 9.67 Å². The summed E-state index contributed by atoms with van der Waals surface area (Å²) in [7, 11) is 0. The van der Waals surface area contributed by atoms with Crippen LogP contribution in [0.4, 0.5) is 11.4 Å². The third kappa shape index (κ3) is 2.31. The summed E-state index contributed by atoms with van der Waals surface area (Å²) in [6, 6.07) is -1.28. The van der Waals surface area contributed by atoms with Crippen LogP contribution in [0, 0.1) is 20.2 Å². The second-order valence-electron chi connectivity index (χ2n) is 3.33.